The van der Waals surface area contributed by atoms with Crippen molar-refractivity contribution >= 4 is 11.4 Å². The van der Waals surface area contributed by atoms with Gasteiger partial charge in [-0.25, -0.2) is 4.70 Å². The molecule has 0 radical (unpaired) electrons. The first-order chi connectivity index (χ1) is 28.2. The first-order valence-corrected chi connectivity index (χ1v) is 26.3. The van der Waals surface area contributed by atoms with Crippen LogP contribution in [0.1, 0.15) is 247 Å². The molecule has 332 valence electrons. The van der Waals surface area contributed by atoms with Gasteiger partial charge in [0.2, 0.25) is 11.4 Å². The van der Waals surface area contributed by atoms with Crippen molar-refractivity contribution in [3.05, 3.63) is 85.5 Å². The van der Waals surface area contributed by atoms with Crippen molar-refractivity contribution in [1.82, 2.24) is 0 Å². The molecule has 1 aliphatic rings. The molecule has 2 aromatic rings. The molecule has 0 spiro atoms. The second kappa shape index (κ2) is 31.8. The summed E-state index contributed by atoms with van der Waals surface area (Å²) >= 11 is 1.94. The molecule has 0 amide bonds. The number of allylic oxidation sites excluding steroid dienone is 2. The zero-order chi connectivity index (χ0) is 42.5. The minimum absolute atomic E-state index is 1.02. The number of benzene rings is 2. The van der Waals surface area contributed by atoms with E-state index in [0.29, 0.717) is 0 Å². The normalized spacial score (nSPS) is 13.0. The average molecular weight is 840 g/mol. The van der Waals surface area contributed by atoms with E-state index < -0.39 is 0 Å². The third kappa shape index (κ3) is 17.9. The van der Waals surface area contributed by atoms with E-state index in [-0.39, 0.29) is 0 Å². The summed E-state index contributed by atoms with van der Waals surface area (Å²) < 4.78 is 1.65. The van der Waals surface area contributed by atoms with Gasteiger partial charge in [0.15, 0.2) is 0 Å². The molecule has 0 N–H and O–H groups in total. The number of nitrogens with zero attached hydrogens (tertiary/aromatic N) is 2. The Morgan fingerprint density at radius 3 is 1.19 bits per heavy atom. The Labute approximate surface area is 367 Å². The topological polar surface area (TPSA) is 25.3 Å². The third-order valence-electron chi connectivity index (χ3n) is 12.4. The van der Waals surface area contributed by atoms with Crippen LogP contribution in [-0.2, 0) is 33.7 Å². The Morgan fingerprint density at radius 1 is 0.414 bits per heavy atom. The van der Waals surface area contributed by atoms with Crippen molar-refractivity contribution in [2.75, 3.05) is 0 Å². The van der Waals surface area contributed by atoms with Gasteiger partial charge in [0.25, 0.3) is 0 Å². The molecule has 3 rings (SSSR count). The van der Waals surface area contributed by atoms with Gasteiger partial charge in [-0.2, -0.15) is 0 Å². The predicted octanol–water partition coefficient (Wildman–Crippen LogP) is 18.8. The summed E-state index contributed by atoms with van der Waals surface area (Å²) in [4.78, 5) is 0. The molecule has 2 aromatic carbocycles. The van der Waals surface area contributed by atoms with Gasteiger partial charge in [0, 0.05) is 22.3 Å². The molecule has 3 heteroatoms. The van der Waals surface area contributed by atoms with E-state index in [1.807, 2.05) is 14.4 Å². The summed E-state index contributed by atoms with van der Waals surface area (Å²) in [6.45, 7) is 22.7. The summed E-state index contributed by atoms with van der Waals surface area (Å²) in [6, 6.07) is 9.71. The second-order valence-electron chi connectivity index (χ2n) is 17.5. The Bertz CT molecular complexity index is 1450. The summed E-state index contributed by atoms with van der Waals surface area (Å²) in [5.41, 5.74) is 28.6. The fourth-order valence-electron chi connectivity index (χ4n) is 8.41. The van der Waals surface area contributed by atoms with Gasteiger partial charge in [0.05, 0.1) is 0 Å². The van der Waals surface area contributed by atoms with E-state index in [9.17, 15) is 5.53 Å². The molecule has 0 saturated heterocycles. The first kappa shape index (κ1) is 52.2. The van der Waals surface area contributed by atoms with Crippen LogP contribution in [-0.4, -0.2) is 4.70 Å². The molecule has 0 saturated carbocycles. The molecule has 58 heavy (non-hydrogen) atoms. The Morgan fingerprint density at radius 2 is 0.776 bits per heavy atom. The van der Waals surface area contributed by atoms with E-state index in [4.69, 9.17) is 0 Å². The first-order valence-electron chi connectivity index (χ1n) is 24.9. The van der Waals surface area contributed by atoms with Gasteiger partial charge < -0.3 is 5.53 Å². The molecule has 0 atom stereocenters. The quantitative estimate of drug-likeness (QED) is 0.0411. The van der Waals surface area contributed by atoms with Crippen molar-refractivity contribution in [3.8, 4) is 0 Å². The molecule has 0 fully saturated rings. The molecule has 0 bridgehead atoms. The molecule has 0 aliphatic carbocycles. The number of aryl methyl sites for hydroxylation is 4. The molecule has 0 aromatic heterocycles. The molecule has 1 aliphatic heterocycles. The number of unbranched alkanes of at least 4 members (excludes halogenated alkanes) is 15. The van der Waals surface area contributed by atoms with Crippen molar-refractivity contribution < 1.29 is 19.1 Å². The van der Waals surface area contributed by atoms with Gasteiger partial charge in [-0.1, -0.05) is 118 Å². The van der Waals surface area contributed by atoms with Crippen LogP contribution >= 0.6 is 0 Å². The van der Waals surface area contributed by atoms with Gasteiger partial charge >= 0.3 is 64.8 Å². The standard InChI is InChI=1S/C47H74N2.2C4H9.Ni/c1-9-14-19-23-27-39-34-42(35-40(28-24-20-15-10-2)43(39)30-25-21-16-11-3)47-45(31-26-22-17-12-4)44(29-18-13-5)46(49(47)48)41-32-36(6)38(8)37(7)33-41;2*1-3-4-2;/h32-35H,9-31H2,1-8H3;2*1,3-4H2,2H3;. The second-order valence-corrected chi connectivity index (χ2v) is 19.0. The minimum atomic E-state index is 1.02. The molecule has 2 nitrogen and oxygen atoms in total. The third-order valence-corrected chi connectivity index (χ3v) is 13.8. The molecular weight excluding hydrogens is 747 g/mol. The van der Waals surface area contributed by atoms with E-state index in [1.165, 1.54) is 185 Å². The van der Waals surface area contributed by atoms with Crippen LogP contribution in [0, 0.1) is 20.8 Å². The monoisotopic (exact) mass is 839 g/mol. The van der Waals surface area contributed by atoms with Crippen LogP contribution < -0.4 is 0 Å². The fraction of sp³-hybridized carbons (Fsp3) is 0.709. The number of hydrogen-bond acceptors (Lipinski definition) is 0. The maximum absolute atomic E-state index is 12.5. The van der Waals surface area contributed by atoms with Crippen LogP contribution in [0.4, 0.5) is 0 Å². The number of hydrogen-bond donors (Lipinski definition) is 0. The van der Waals surface area contributed by atoms with Crippen LogP contribution in [0.15, 0.2) is 35.4 Å². The maximum atomic E-state index is 12.5. The van der Waals surface area contributed by atoms with E-state index in [0.717, 1.165) is 49.9 Å². The zero-order valence-corrected chi connectivity index (χ0v) is 41.0. The average Bonchev–Trinajstić information content (AvgIpc) is 3.50. The Balaban J connectivity index is 0.00000115. The van der Waals surface area contributed by atoms with E-state index >= 15 is 0 Å². The Hall–Kier alpha value is -1.99. The molecule has 1 heterocycles. The van der Waals surface area contributed by atoms with Gasteiger partial charge in [0.1, 0.15) is 0 Å². The van der Waals surface area contributed by atoms with Crippen LogP contribution in [0.3, 0.4) is 0 Å². The summed E-state index contributed by atoms with van der Waals surface area (Å²) in [7, 11) is 0. The number of rotatable bonds is 31. The summed E-state index contributed by atoms with van der Waals surface area (Å²) in [6.07, 6.45) is 33.8. The van der Waals surface area contributed by atoms with Crippen LogP contribution in [0.25, 0.3) is 16.9 Å². The zero-order valence-electron chi connectivity index (χ0n) is 40.0. The fourth-order valence-corrected chi connectivity index (χ4v) is 9.85. The Kier molecular flexibility index (Phi) is 28.6. The van der Waals surface area contributed by atoms with E-state index in [2.05, 4.69) is 93.5 Å². The molecular formula is C55H92N2Ni. The van der Waals surface area contributed by atoms with Crippen molar-refractivity contribution in [2.24, 2.45) is 0 Å². The summed E-state index contributed by atoms with van der Waals surface area (Å²) in [5.74, 6) is 0. The SMILES string of the molecule is CCCCCCC1=C(c2cc(CCCCCC)c(CCCCCC)c(CCCCCC)c2)[N+](=[N-])C(c2cc(C)c(C)c(C)c2)=C1CCCC.CCC[CH2][Ni][CH2]CCC. The van der Waals surface area contributed by atoms with Crippen molar-refractivity contribution in [3.63, 3.8) is 0 Å². The summed E-state index contributed by atoms with van der Waals surface area (Å²) in [5, 5.41) is 2.78. The van der Waals surface area contributed by atoms with Crippen molar-refractivity contribution in [2.45, 2.75) is 253 Å². The predicted molar refractivity (Wildman–Crippen MR) is 256 cm³/mol. The van der Waals surface area contributed by atoms with Crippen LogP contribution in [0.2, 0.25) is 10.8 Å². The van der Waals surface area contributed by atoms with Gasteiger partial charge in [-0.15, -0.1) is 0 Å². The van der Waals surface area contributed by atoms with Crippen LogP contribution in [0.5, 0.6) is 0 Å². The van der Waals surface area contributed by atoms with Gasteiger partial charge in [-0.05, 0) is 143 Å². The van der Waals surface area contributed by atoms with Crippen molar-refractivity contribution in [1.29, 1.82) is 0 Å². The van der Waals surface area contributed by atoms with E-state index in [1.54, 1.807) is 21.4 Å². The molecule has 0 unspecified atom stereocenters. The van der Waals surface area contributed by atoms with Gasteiger partial charge in [-0.3, -0.25) is 0 Å².